The number of aromatic nitrogens is 1. The third-order valence-corrected chi connectivity index (χ3v) is 4.21. The number of carbonyl (C=O) groups excluding carboxylic acids is 1. The van der Waals surface area contributed by atoms with E-state index in [-0.39, 0.29) is 11.2 Å². The van der Waals surface area contributed by atoms with E-state index >= 15 is 0 Å². The Labute approximate surface area is 121 Å². The highest BCUT2D eigenvalue weighted by atomic mass is 16.1. The zero-order valence-corrected chi connectivity index (χ0v) is 11.8. The lowest BCUT2D eigenvalue weighted by atomic mass is 10.0. The number of hydrogen-bond donors (Lipinski definition) is 0. The topological polar surface area (TPSA) is 39.1 Å². The number of nitrogens with zero attached hydrogens (tertiary/aromatic N) is 1. The molecule has 1 aliphatic carbocycles. The number of hydrogen-bond acceptors (Lipinski definition) is 2. The first kappa shape index (κ1) is 12.1. The van der Waals surface area contributed by atoms with E-state index in [4.69, 9.17) is 0 Å². The molecular formula is C18H13NO2. The van der Waals surface area contributed by atoms with Crippen LogP contribution in [0.25, 0.3) is 22.0 Å². The molecule has 0 spiro atoms. The van der Waals surface area contributed by atoms with Crippen molar-refractivity contribution in [2.45, 2.75) is 6.92 Å². The van der Waals surface area contributed by atoms with Crippen LogP contribution in [-0.4, -0.2) is 10.4 Å². The van der Waals surface area contributed by atoms with Crippen molar-refractivity contribution in [2.24, 2.45) is 7.05 Å². The maximum Gasteiger partial charge on any atom is 0.210 e. The van der Waals surface area contributed by atoms with E-state index in [1.165, 1.54) is 0 Å². The van der Waals surface area contributed by atoms with Gasteiger partial charge in [-0.3, -0.25) is 9.59 Å². The van der Waals surface area contributed by atoms with Gasteiger partial charge in [-0.15, -0.1) is 0 Å². The standard InChI is InChI=1S/C18H13NO2/c1-10-7-8-11-13(9-10)18(21)16-15(11)17(20)12-5-3-4-6-14(12)19(16)2/h3-9H,1-2H3. The molecule has 102 valence electrons. The average Bonchev–Trinajstić information content (AvgIpc) is 2.78. The number of fused-ring (bicyclic) bond motifs is 4. The molecule has 1 aromatic heterocycles. The summed E-state index contributed by atoms with van der Waals surface area (Å²) in [5.41, 5.74) is 4.18. The summed E-state index contributed by atoms with van der Waals surface area (Å²) >= 11 is 0. The van der Waals surface area contributed by atoms with E-state index in [1.807, 2.05) is 61.0 Å². The lowest BCUT2D eigenvalue weighted by molar-refractivity contribution is 0.103. The molecule has 3 nitrogen and oxygen atoms in total. The monoisotopic (exact) mass is 275 g/mol. The maximum absolute atomic E-state index is 12.8. The van der Waals surface area contributed by atoms with Crippen LogP contribution in [0.4, 0.5) is 0 Å². The van der Waals surface area contributed by atoms with Crippen molar-refractivity contribution < 1.29 is 4.79 Å². The molecule has 3 heteroatoms. The highest BCUT2D eigenvalue weighted by Gasteiger charge is 2.32. The number of benzene rings is 2. The van der Waals surface area contributed by atoms with Gasteiger partial charge in [0.15, 0.2) is 5.43 Å². The Hall–Kier alpha value is -2.68. The first-order chi connectivity index (χ1) is 10.1. The molecule has 1 aliphatic rings. The predicted octanol–water partition coefficient (Wildman–Crippen LogP) is 3.06. The zero-order valence-electron chi connectivity index (χ0n) is 11.8. The molecule has 4 rings (SSSR count). The highest BCUT2D eigenvalue weighted by molar-refractivity contribution is 6.21. The van der Waals surface area contributed by atoms with Crippen LogP contribution >= 0.6 is 0 Å². The molecule has 3 aromatic rings. The summed E-state index contributed by atoms with van der Waals surface area (Å²) in [6, 6.07) is 13.1. The summed E-state index contributed by atoms with van der Waals surface area (Å²) in [6.07, 6.45) is 0. The van der Waals surface area contributed by atoms with Gasteiger partial charge in [0, 0.05) is 18.0 Å². The fourth-order valence-electron chi connectivity index (χ4n) is 3.20. The van der Waals surface area contributed by atoms with Crippen molar-refractivity contribution in [3.63, 3.8) is 0 Å². The van der Waals surface area contributed by atoms with Crippen molar-refractivity contribution in [2.75, 3.05) is 0 Å². The molecule has 1 heterocycles. The van der Waals surface area contributed by atoms with Crippen molar-refractivity contribution in [3.8, 4) is 11.1 Å². The zero-order chi connectivity index (χ0) is 14.7. The summed E-state index contributed by atoms with van der Waals surface area (Å²) in [4.78, 5) is 25.5. The number of para-hydroxylation sites is 1. The summed E-state index contributed by atoms with van der Waals surface area (Å²) in [5.74, 6) is -0.0611. The summed E-state index contributed by atoms with van der Waals surface area (Å²) < 4.78 is 1.84. The minimum absolute atomic E-state index is 0.0605. The minimum Gasteiger partial charge on any atom is -0.340 e. The molecule has 0 bridgehead atoms. The van der Waals surface area contributed by atoms with Crippen LogP contribution in [0.2, 0.25) is 0 Å². The molecule has 0 amide bonds. The molecule has 0 aliphatic heterocycles. The van der Waals surface area contributed by atoms with Gasteiger partial charge in [0.05, 0.1) is 11.1 Å². The molecule has 0 unspecified atom stereocenters. The van der Waals surface area contributed by atoms with Crippen LogP contribution in [0.15, 0.2) is 47.3 Å². The normalized spacial score (nSPS) is 12.6. The highest BCUT2D eigenvalue weighted by Crippen LogP contribution is 2.35. The smallest absolute Gasteiger partial charge is 0.210 e. The molecule has 0 atom stereocenters. The van der Waals surface area contributed by atoms with Gasteiger partial charge in [0.25, 0.3) is 0 Å². The van der Waals surface area contributed by atoms with Gasteiger partial charge in [-0.25, -0.2) is 0 Å². The van der Waals surface area contributed by atoms with Gasteiger partial charge in [-0.1, -0.05) is 29.8 Å². The Bertz CT molecular complexity index is 996. The molecule has 0 saturated carbocycles. The van der Waals surface area contributed by atoms with Crippen LogP contribution in [0.3, 0.4) is 0 Å². The van der Waals surface area contributed by atoms with E-state index in [0.717, 1.165) is 16.6 Å². The van der Waals surface area contributed by atoms with E-state index < -0.39 is 0 Å². The second-order valence-corrected chi connectivity index (χ2v) is 5.51. The minimum atomic E-state index is -0.0611. The Morgan fingerprint density at radius 3 is 2.52 bits per heavy atom. The molecule has 0 N–H and O–H groups in total. The van der Waals surface area contributed by atoms with E-state index in [2.05, 4.69) is 0 Å². The quantitative estimate of drug-likeness (QED) is 0.495. The van der Waals surface area contributed by atoms with Gasteiger partial charge in [0.1, 0.15) is 5.69 Å². The van der Waals surface area contributed by atoms with Crippen LogP contribution < -0.4 is 5.43 Å². The lowest BCUT2D eigenvalue weighted by Gasteiger charge is -2.10. The maximum atomic E-state index is 12.8. The fourth-order valence-corrected chi connectivity index (χ4v) is 3.20. The third kappa shape index (κ3) is 1.43. The Morgan fingerprint density at radius 2 is 1.71 bits per heavy atom. The van der Waals surface area contributed by atoms with Crippen LogP contribution in [0.5, 0.6) is 0 Å². The summed E-state index contributed by atoms with van der Waals surface area (Å²) in [5, 5.41) is 0.653. The van der Waals surface area contributed by atoms with Gasteiger partial charge in [-0.2, -0.15) is 0 Å². The number of pyridine rings is 1. The first-order valence-corrected chi connectivity index (χ1v) is 6.87. The van der Waals surface area contributed by atoms with Crippen molar-refractivity contribution >= 4 is 16.7 Å². The van der Waals surface area contributed by atoms with Crippen LogP contribution in [0.1, 0.15) is 21.6 Å². The third-order valence-electron chi connectivity index (χ3n) is 4.21. The van der Waals surface area contributed by atoms with Gasteiger partial charge < -0.3 is 4.57 Å². The second-order valence-electron chi connectivity index (χ2n) is 5.51. The fraction of sp³-hybridized carbons (Fsp3) is 0.111. The molecular weight excluding hydrogens is 262 g/mol. The van der Waals surface area contributed by atoms with E-state index in [9.17, 15) is 9.59 Å². The Morgan fingerprint density at radius 1 is 0.952 bits per heavy atom. The SMILES string of the molecule is Cc1ccc2c(c1)C(=O)c1c-2c(=O)c2ccccc2n1C. The van der Waals surface area contributed by atoms with Crippen molar-refractivity contribution in [3.05, 3.63) is 69.5 Å². The first-order valence-electron chi connectivity index (χ1n) is 6.87. The summed E-state index contributed by atoms with van der Waals surface area (Å²) in [7, 11) is 1.84. The van der Waals surface area contributed by atoms with Crippen LogP contribution in [0, 0.1) is 6.92 Å². The second kappa shape index (κ2) is 3.92. The molecule has 0 fully saturated rings. The Balaban J connectivity index is 2.25. The van der Waals surface area contributed by atoms with E-state index in [1.54, 1.807) is 0 Å². The lowest BCUT2D eigenvalue weighted by Crippen LogP contribution is -2.15. The Kier molecular flexibility index (Phi) is 2.25. The van der Waals surface area contributed by atoms with Crippen molar-refractivity contribution in [1.29, 1.82) is 0 Å². The average molecular weight is 275 g/mol. The van der Waals surface area contributed by atoms with E-state index in [0.29, 0.717) is 22.2 Å². The number of rotatable bonds is 0. The number of aryl methyl sites for hydroxylation is 2. The van der Waals surface area contributed by atoms with Gasteiger partial charge in [0.2, 0.25) is 5.78 Å². The molecule has 21 heavy (non-hydrogen) atoms. The number of ketones is 1. The summed E-state index contributed by atoms with van der Waals surface area (Å²) in [6.45, 7) is 1.95. The number of carbonyl (C=O) groups is 1. The van der Waals surface area contributed by atoms with Crippen molar-refractivity contribution in [1.82, 2.24) is 4.57 Å². The molecule has 2 aromatic carbocycles. The predicted molar refractivity (Wildman–Crippen MR) is 82.8 cm³/mol. The molecule has 0 radical (unpaired) electrons. The largest absolute Gasteiger partial charge is 0.340 e. The van der Waals surface area contributed by atoms with Crippen LogP contribution in [-0.2, 0) is 7.05 Å². The van der Waals surface area contributed by atoms with Gasteiger partial charge in [-0.05, 0) is 30.7 Å². The van der Waals surface area contributed by atoms with Gasteiger partial charge >= 0.3 is 0 Å². The molecule has 0 saturated heterocycles.